The van der Waals surface area contributed by atoms with Crippen LogP contribution in [0.1, 0.15) is 11.8 Å². The van der Waals surface area contributed by atoms with Crippen molar-refractivity contribution in [2.24, 2.45) is 0 Å². The van der Waals surface area contributed by atoms with Crippen LogP contribution in [0.2, 0.25) is 0 Å². The van der Waals surface area contributed by atoms with Crippen LogP contribution in [0.4, 0.5) is 0 Å². The van der Waals surface area contributed by atoms with Crippen LogP contribution in [0.3, 0.4) is 0 Å². The molecule has 1 atom stereocenters. The standard InChI is InChI=1S/C13H14ClNOS/c1-9(15-13(16)8-14)6-11-7-10-4-2-3-5-12(10)17-11/h2-5,7,9H,6,8H2,1H3,(H,15,16). The van der Waals surface area contributed by atoms with E-state index in [-0.39, 0.29) is 17.8 Å². The highest BCUT2D eigenvalue weighted by Gasteiger charge is 2.09. The van der Waals surface area contributed by atoms with Gasteiger partial charge in [0.15, 0.2) is 0 Å². The van der Waals surface area contributed by atoms with Gasteiger partial charge in [-0.25, -0.2) is 0 Å². The number of carbonyl (C=O) groups excluding carboxylic acids is 1. The van der Waals surface area contributed by atoms with Gasteiger partial charge in [0, 0.05) is 22.0 Å². The molecule has 1 amide bonds. The Morgan fingerprint density at radius 1 is 1.47 bits per heavy atom. The number of amides is 1. The number of fused-ring (bicyclic) bond motifs is 1. The number of halogens is 1. The minimum Gasteiger partial charge on any atom is -0.352 e. The van der Waals surface area contributed by atoms with Crippen molar-refractivity contribution in [1.82, 2.24) is 5.32 Å². The molecule has 17 heavy (non-hydrogen) atoms. The van der Waals surface area contributed by atoms with Gasteiger partial charge >= 0.3 is 0 Å². The zero-order chi connectivity index (χ0) is 12.3. The number of alkyl halides is 1. The molecule has 0 spiro atoms. The summed E-state index contributed by atoms with van der Waals surface area (Å²) in [4.78, 5) is 12.4. The Morgan fingerprint density at radius 3 is 2.94 bits per heavy atom. The first-order chi connectivity index (χ1) is 8.19. The van der Waals surface area contributed by atoms with Crippen molar-refractivity contribution in [3.05, 3.63) is 35.2 Å². The molecule has 0 fully saturated rings. The predicted octanol–water partition coefficient (Wildman–Crippen LogP) is 3.19. The zero-order valence-electron chi connectivity index (χ0n) is 9.57. The maximum Gasteiger partial charge on any atom is 0.235 e. The molecular weight excluding hydrogens is 254 g/mol. The minimum atomic E-state index is -0.111. The summed E-state index contributed by atoms with van der Waals surface area (Å²) in [6.07, 6.45) is 0.849. The average molecular weight is 268 g/mol. The molecule has 0 saturated heterocycles. The van der Waals surface area contributed by atoms with Crippen LogP contribution < -0.4 is 5.32 Å². The molecule has 2 nitrogen and oxygen atoms in total. The third-order valence-electron chi connectivity index (χ3n) is 2.51. The van der Waals surface area contributed by atoms with E-state index in [1.165, 1.54) is 15.0 Å². The Hall–Kier alpha value is -1.06. The van der Waals surface area contributed by atoms with Gasteiger partial charge in [-0.1, -0.05) is 18.2 Å². The van der Waals surface area contributed by atoms with E-state index in [0.29, 0.717) is 0 Å². The number of hydrogen-bond acceptors (Lipinski definition) is 2. The summed E-state index contributed by atoms with van der Waals surface area (Å²) in [6.45, 7) is 1.99. The van der Waals surface area contributed by atoms with Gasteiger partial charge in [-0.3, -0.25) is 4.79 Å². The summed E-state index contributed by atoms with van der Waals surface area (Å²) >= 11 is 7.23. The Balaban J connectivity index is 2.05. The molecule has 1 aromatic carbocycles. The van der Waals surface area contributed by atoms with Crippen LogP contribution in [0.15, 0.2) is 30.3 Å². The van der Waals surface area contributed by atoms with E-state index in [1.807, 2.05) is 19.1 Å². The molecule has 2 rings (SSSR count). The zero-order valence-corrected chi connectivity index (χ0v) is 11.1. The predicted molar refractivity (Wildman–Crippen MR) is 73.9 cm³/mol. The van der Waals surface area contributed by atoms with Crippen LogP contribution in [-0.4, -0.2) is 17.8 Å². The summed E-state index contributed by atoms with van der Waals surface area (Å²) in [5, 5.41) is 4.13. The van der Waals surface area contributed by atoms with Gasteiger partial charge in [0.2, 0.25) is 5.91 Å². The van der Waals surface area contributed by atoms with E-state index in [0.717, 1.165) is 6.42 Å². The number of nitrogens with one attached hydrogen (secondary N) is 1. The molecule has 0 radical (unpaired) electrons. The fraction of sp³-hybridized carbons (Fsp3) is 0.308. The topological polar surface area (TPSA) is 29.1 Å². The van der Waals surface area contributed by atoms with Crippen LogP contribution in [0.25, 0.3) is 10.1 Å². The van der Waals surface area contributed by atoms with Gasteiger partial charge in [0.25, 0.3) is 0 Å². The maximum absolute atomic E-state index is 11.1. The highest BCUT2D eigenvalue weighted by Crippen LogP contribution is 2.26. The van der Waals surface area contributed by atoms with Crippen molar-refractivity contribution < 1.29 is 4.79 Å². The lowest BCUT2D eigenvalue weighted by Gasteiger charge is -2.11. The van der Waals surface area contributed by atoms with Gasteiger partial charge in [-0.05, 0) is 24.4 Å². The summed E-state index contributed by atoms with van der Waals surface area (Å²) in [5.74, 6) is -0.0863. The van der Waals surface area contributed by atoms with Gasteiger partial charge in [-0.2, -0.15) is 0 Å². The Kier molecular flexibility index (Phi) is 4.02. The molecule has 2 aromatic rings. The number of carbonyl (C=O) groups is 1. The molecule has 90 valence electrons. The van der Waals surface area contributed by atoms with E-state index >= 15 is 0 Å². The monoisotopic (exact) mass is 267 g/mol. The van der Waals surface area contributed by atoms with Crippen molar-refractivity contribution in [3.63, 3.8) is 0 Å². The first-order valence-corrected chi connectivity index (χ1v) is 6.87. The number of benzene rings is 1. The van der Waals surface area contributed by atoms with Crippen molar-refractivity contribution in [2.75, 3.05) is 5.88 Å². The molecule has 0 saturated carbocycles. The lowest BCUT2D eigenvalue weighted by molar-refractivity contribution is -0.119. The third-order valence-corrected chi connectivity index (χ3v) is 3.89. The summed E-state index contributed by atoms with van der Waals surface area (Å²) in [5.41, 5.74) is 0. The van der Waals surface area contributed by atoms with Gasteiger partial charge in [0.1, 0.15) is 5.88 Å². The SMILES string of the molecule is CC(Cc1cc2ccccc2s1)NC(=O)CCl. The molecule has 4 heteroatoms. The number of hydrogen-bond donors (Lipinski definition) is 1. The molecule has 0 aliphatic rings. The second kappa shape index (κ2) is 5.52. The summed E-state index contributed by atoms with van der Waals surface area (Å²) in [7, 11) is 0. The van der Waals surface area contributed by atoms with Crippen LogP contribution in [-0.2, 0) is 11.2 Å². The molecule has 1 unspecified atom stereocenters. The van der Waals surface area contributed by atoms with Crippen molar-refractivity contribution in [2.45, 2.75) is 19.4 Å². The molecule has 1 aromatic heterocycles. The Bertz CT molecular complexity index is 490. The quantitative estimate of drug-likeness (QED) is 0.847. The van der Waals surface area contributed by atoms with Gasteiger partial charge < -0.3 is 5.32 Å². The minimum absolute atomic E-state index is 0.0246. The Morgan fingerprint density at radius 2 is 2.24 bits per heavy atom. The molecule has 1 heterocycles. The van der Waals surface area contributed by atoms with E-state index in [9.17, 15) is 4.79 Å². The normalized spacial score (nSPS) is 12.6. The van der Waals surface area contributed by atoms with E-state index in [1.54, 1.807) is 11.3 Å². The van der Waals surface area contributed by atoms with Gasteiger partial charge in [0.05, 0.1) is 0 Å². The molecule has 0 aliphatic carbocycles. The van der Waals surface area contributed by atoms with Crippen LogP contribution in [0.5, 0.6) is 0 Å². The van der Waals surface area contributed by atoms with Crippen molar-refractivity contribution in [3.8, 4) is 0 Å². The third kappa shape index (κ3) is 3.20. The maximum atomic E-state index is 11.1. The lowest BCUT2D eigenvalue weighted by Crippen LogP contribution is -2.34. The van der Waals surface area contributed by atoms with E-state index < -0.39 is 0 Å². The van der Waals surface area contributed by atoms with Gasteiger partial charge in [-0.15, -0.1) is 22.9 Å². The molecule has 0 aliphatic heterocycles. The largest absolute Gasteiger partial charge is 0.352 e. The number of rotatable bonds is 4. The lowest BCUT2D eigenvalue weighted by atomic mass is 10.2. The summed E-state index contributed by atoms with van der Waals surface area (Å²) in [6, 6.07) is 10.6. The van der Waals surface area contributed by atoms with Crippen LogP contribution in [0, 0.1) is 0 Å². The molecule has 0 bridgehead atoms. The van der Waals surface area contributed by atoms with E-state index in [2.05, 4.69) is 23.5 Å². The average Bonchev–Trinajstić information content (AvgIpc) is 2.70. The Labute approximate surface area is 110 Å². The molecule has 1 N–H and O–H groups in total. The fourth-order valence-electron chi connectivity index (χ4n) is 1.80. The second-order valence-corrected chi connectivity index (χ2v) is 5.49. The first kappa shape index (κ1) is 12.4. The van der Waals surface area contributed by atoms with Crippen molar-refractivity contribution >= 4 is 38.9 Å². The second-order valence-electron chi connectivity index (χ2n) is 4.06. The first-order valence-electron chi connectivity index (χ1n) is 5.52. The number of thiophene rings is 1. The highest BCUT2D eigenvalue weighted by molar-refractivity contribution is 7.19. The summed E-state index contributed by atoms with van der Waals surface area (Å²) < 4.78 is 1.29. The van der Waals surface area contributed by atoms with Crippen molar-refractivity contribution in [1.29, 1.82) is 0 Å². The smallest absolute Gasteiger partial charge is 0.235 e. The van der Waals surface area contributed by atoms with Crippen LogP contribution >= 0.6 is 22.9 Å². The van der Waals surface area contributed by atoms with E-state index in [4.69, 9.17) is 11.6 Å². The highest BCUT2D eigenvalue weighted by atomic mass is 35.5. The fourth-order valence-corrected chi connectivity index (χ4v) is 3.07. The molecular formula is C13H14ClNOS.